The van der Waals surface area contributed by atoms with E-state index in [0.717, 1.165) is 31.6 Å². The van der Waals surface area contributed by atoms with E-state index < -0.39 is 0 Å². The molecule has 14 heavy (non-hydrogen) atoms. The van der Waals surface area contributed by atoms with Crippen molar-refractivity contribution in [1.29, 1.82) is 0 Å². The van der Waals surface area contributed by atoms with Crippen molar-refractivity contribution in [1.82, 2.24) is 9.97 Å². The lowest BCUT2D eigenvalue weighted by Crippen LogP contribution is -2.12. The molecular weight excluding hydrogens is 174 g/mol. The number of hydrogen-bond acceptors (Lipinski definition) is 3. The fraction of sp³-hybridized carbons (Fsp3) is 0.636. The molecule has 0 aromatic carbocycles. The average Bonchev–Trinajstić information content (AvgIpc) is 2.26. The van der Waals surface area contributed by atoms with Gasteiger partial charge in [-0.3, -0.25) is 0 Å². The lowest BCUT2D eigenvalue weighted by Gasteiger charge is -2.17. The van der Waals surface area contributed by atoms with Crippen molar-refractivity contribution in [3.8, 4) is 0 Å². The first-order valence-corrected chi connectivity index (χ1v) is 5.48. The lowest BCUT2D eigenvalue weighted by molar-refractivity contribution is 0.663. The summed E-state index contributed by atoms with van der Waals surface area (Å²) in [4.78, 5) is 8.64. The first-order valence-electron chi connectivity index (χ1n) is 5.48. The molecular formula is C11H17N3. The molecule has 1 aliphatic carbocycles. The fourth-order valence-electron chi connectivity index (χ4n) is 1.92. The van der Waals surface area contributed by atoms with Crippen LogP contribution >= 0.6 is 0 Å². The second-order valence-corrected chi connectivity index (χ2v) is 3.78. The smallest absolute Gasteiger partial charge is 0.132 e. The Hall–Kier alpha value is -1.12. The summed E-state index contributed by atoms with van der Waals surface area (Å²) in [6, 6.07) is 0. The highest BCUT2D eigenvalue weighted by Crippen LogP contribution is 2.24. The van der Waals surface area contributed by atoms with Crippen molar-refractivity contribution >= 4 is 5.82 Å². The minimum Gasteiger partial charge on any atom is -0.370 e. The molecule has 0 unspecified atom stereocenters. The summed E-state index contributed by atoms with van der Waals surface area (Å²) in [6.07, 6.45) is 7.64. The summed E-state index contributed by atoms with van der Waals surface area (Å²) < 4.78 is 0. The monoisotopic (exact) mass is 191 g/mol. The molecule has 0 radical (unpaired) electrons. The number of hydrogen-bond donors (Lipinski definition) is 1. The zero-order valence-electron chi connectivity index (χ0n) is 8.71. The zero-order chi connectivity index (χ0) is 9.80. The van der Waals surface area contributed by atoms with Crippen LogP contribution in [0.3, 0.4) is 0 Å². The van der Waals surface area contributed by atoms with Crippen molar-refractivity contribution < 1.29 is 0 Å². The van der Waals surface area contributed by atoms with Crippen LogP contribution in [0.25, 0.3) is 0 Å². The predicted octanol–water partition coefficient (Wildman–Crippen LogP) is 2.18. The quantitative estimate of drug-likeness (QED) is 0.795. The summed E-state index contributed by atoms with van der Waals surface area (Å²) in [5.41, 5.74) is 2.61. The van der Waals surface area contributed by atoms with E-state index in [0.29, 0.717) is 0 Å². The Labute approximate surface area is 85.0 Å². The number of anilines is 1. The van der Waals surface area contributed by atoms with Gasteiger partial charge in [-0.15, -0.1) is 0 Å². The second kappa shape index (κ2) is 4.40. The molecule has 0 aliphatic heterocycles. The number of aryl methyl sites for hydroxylation is 1. The minimum atomic E-state index is 1.00. The highest BCUT2D eigenvalue weighted by molar-refractivity contribution is 5.46. The summed E-state index contributed by atoms with van der Waals surface area (Å²) in [6.45, 7) is 3.17. The third kappa shape index (κ3) is 1.86. The van der Waals surface area contributed by atoms with Crippen molar-refractivity contribution in [2.45, 2.75) is 39.0 Å². The normalized spacial score (nSPS) is 14.9. The van der Waals surface area contributed by atoms with Gasteiger partial charge in [0.05, 0.1) is 0 Å². The summed E-state index contributed by atoms with van der Waals surface area (Å²) >= 11 is 0. The molecule has 0 spiro atoms. The van der Waals surface area contributed by atoms with Gasteiger partial charge in [0.1, 0.15) is 12.1 Å². The maximum absolute atomic E-state index is 4.34. The third-order valence-corrected chi connectivity index (χ3v) is 2.67. The second-order valence-electron chi connectivity index (χ2n) is 3.78. The van der Waals surface area contributed by atoms with Gasteiger partial charge in [0.2, 0.25) is 0 Å². The highest BCUT2D eigenvalue weighted by atomic mass is 15.0. The number of rotatable bonds is 3. The Balaban J connectivity index is 2.21. The van der Waals surface area contributed by atoms with Crippen LogP contribution in [0.4, 0.5) is 5.82 Å². The van der Waals surface area contributed by atoms with Crippen molar-refractivity contribution in [2.75, 3.05) is 11.9 Å². The molecule has 3 heteroatoms. The van der Waals surface area contributed by atoms with Gasteiger partial charge in [-0.05, 0) is 32.1 Å². The van der Waals surface area contributed by atoms with Crippen LogP contribution in [0, 0.1) is 0 Å². The van der Waals surface area contributed by atoms with Crippen LogP contribution in [0.15, 0.2) is 6.33 Å². The Morgan fingerprint density at radius 1 is 1.29 bits per heavy atom. The largest absolute Gasteiger partial charge is 0.370 e. The van der Waals surface area contributed by atoms with E-state index >= 15 is 0 Å². The zero-order valence-corrected chi connectivity index (χ0v) is 8.71. The van der Waals surface area contributed by atoms with Gasteiger partial charge in [0, 0.05) is 17.8 Å². The molecule has 1 aliphatic rings. The predicted molar refractivity (Wildman–Crippen MR) is 57.5 cm³/mol. The first kappa shape index (κ1) is 9.44. The summed E-state index contributed by atoms with van der Waals surface area (Å²) in [5.74, 6) is 1.07. The van der Waals surface area contributed by atoms with E-state index in [1.54, 1.807) is 6.33 Å². The molecule has 1 aromatic rings. The molecule has 3 nitrogen and oxygen atoms in total. The number of nitrogens with one attached hydrogen (secondary N) is 1. The molecule has 0 amide bonds. The van der Waals surface area contributed by atoms with Gasteiger partial charge in [0.15, 0.2) is 0 Å². The standard InChI is InChI=1S/C11H17N3/c1-2-7-12-11-9-5-3-4-6-10(9)13-8-14-11/h8H,2-7H2,1H3,(H,12,13,14). The van der Waals surface area contributed by atoms with Crippen LogP contribution in [0.2, 0.25) is 0 Å². The van der Waals surface area contributed by atoms with E-state index in [1.807, 2.05) is 0 Å². The fourth-order valence-corrected chi connectivity index (χ4v) is 1.92. The minimum absolute atomic E-state index is 1.00. The molecule has 1 heterocycles. The Bertz CT molecular complexity index is 309. The van der Waals surface area contributed by atoms with Crippen molar-refractivity contribution in [3.63, 3.8) is 0 Å². The molecule has 0 bridgehead atoms. The Morgan fingerprint density at radius 3 is 3.00 bits per heavy atom. The van der Waals surface area contributed by atoms with E-state index in [2.05, 4.69) is 22.2 Å². The molecule has 2 rings (SSSR count). The Morgan fingerprint density at radius 2 is 2.14 bits per heavy atom. The summed E-state index contributed by atoms with van der Waals surface area (Å²) in [7, 11) is 0. The van der Waals surface area contributed by atoms with Crippen molar-refractivity contribution in [2.24, 2.45) is 0 Å². The van der Waals surface area contributed by atoms with E-state index in [1.165, 1.54) is 24.1 Å². The van der Waals surface area contributed by atoms with Gasteiger partial charge in [0.25, 0.3) is 0 Å². The average molecular weight is 191 g/mol. The molecule has 1 aromatic heterocycles. The molecule has 0 saturated heterocycles. The first-order chi connectivity index (χ1) is 6.92. The van der Waals surface area contributed by atoms with Gasteiger partial charge >= 0.3 is 0 Å². The Kier molecular flexibility index (Phi) is 2.96. The van der Waals surface area contributed by atoms with Gasteiger partial charge in [-0.25, -0.2) is 9.97 Å². The topological polar surface area (TPSA) is 37.8 Å². The van der Waals surface area contributed by atoms with E-state index in [-0.39, 0.29) is 0 Å². The summed E-state index contributed by atoms with van der Waals surface area (Å²) in [5, 5.41) is 3.37. The van der Waals surface area contributed by atoms with Crippen LogP contribution < -0.4 is 5.32 Å². The third-order valence-electron chi connectivity index (χ3n) is 2.67. The highest BCUT2D eigenvalue weighted by Gasteiger charge is 2.14. The molecule has 0 fully saturated rings. The lowest BCUT2D eigenvalue weighted by atomic mass is 9.96. The van der Waals surface area contributed by atoms with Gasteiger partial charge in [-0.1, -0.05) is 6.92 Å². The van der Waals surface area contributed by atoms with Gasteiger partial charge in [-0.2, -0.15) is 0 Å². The van der Waals surface area contributed by atoms with Crippen molar-refractivity contribution in [3.05, 3.63) is 17.6 Å². The molecule has 76 valence electrons. The maximum atomic E-state index is 4.34. The maximum Gasteiger partial charge on any atom is 0.132 e. The molecule has 0 atom stereocenters. The number of fused-ring (bicyclic) bond motifs is 1. The van der Waals surface area contributed by atoms with Gasteiger partial charge < -0.3 is 5.32 Å². The van der Waals surface area contributed by atoms with Crippen LogP contribution in [0.1, 0.15) is 37.4 Å². The number of nitrogens with zero attached hydrogens (tertiary/aromatic N) is 2. The molecule has 0 saturated carbocycles. The number of aromatic nitrogens is 2. The SMILES string of the molecule is CCCNc1ncnc2c1CCCC2. The van der Waals surface area contributed by atoms with Crippen LogP contribution in [-0.4, -0.2) is 16.5 Å². The van der Waals surface area contributed by atoms with Crippen LogP contribution in [-0.2, 0) is 12.8 Å². The molecule has 1 N–H and O–H groups in total. The van der Waals surface area contributed by atoms with E-state index in [4.69, 9.17) is 0 Å². The van der Waals surface area contributed by atoms with Crippen LogP contribution in [0.5, 0.6) is 0 Å². The van der Waals surface area contributed by atoms with E-state index in [9.17, 15) is 0 Å².